The zero-order valence-electron chi connectivity index (χ0n) is 15.4. The van der Waals surface area contributed by atoms with Crippen molar-refractivity contribution in [2.75, 3.05) is 20.3 Å². The summed E-state index contributed by atoms with van der Waals surface area (Å²) in [6.07, 6.45) is 6.64. The number of esters is 1. The molecule has 0 N–H and O–H groups in total. The van der Waals surface area contributed by atoms with Gasteiger partial charge in [0.25, 0.3) is 5.91 Å². The predicted molar refractivity (Wildman–Crippen MR) is 96.6 cm³/mol. The van der Waals surface area contributed by atoms with Gasteiger partial charge in [0.05, 0.1) is 17.6 Å². The maximum absolute atomic E-state index is 12.6. The molecule has 1 amide bonds. The summed E-state index contributed by atoms with van der Waals surface area (Å²) in [6, 6.07) is 4.08. The molecule has 1 aromatic carbocycles. The lowest BCUT2D eigenvalue weighted by atomic mass is 9.78. The van der Waals surface area contributed by atoms with Crippen molar-refractivity contribution in [3.05, 3.63) is 33.9 Å². The summed E-state index contributed by atoms with van der Waals surface area (Å²) < 4.78 is 10.1. The first-order valence-corrected chi connectivity index (χ1v) is 9.30. The molecule has 1 saturated carbocycles. The Kier molecular flexibility index (Phi) is 5.93. The highest BCUT2D eigenvalue weighted by molar-refractivity contribution is 5.92. The molecule has 1 aliphatic carbocycles. The number of rotatable bonds is 5. The van der Waals surface area contributed by atoms with Crippen LogP contribution in [0.2, 0.25) is 0 Å². The van der Waals surface area contributed by atoms with Crippen LogP contribution in [0.5, 0.6) is 5.75 Å². The van der Waals surface area contributed by atoms with Gasteiger partial charge in [-0.3, -0.25) is 14.9 Å². The first-order chi connectivity index (χ1) is 13.0. The van der Waals surface area contributed by atoms with Crippen LogP contribution in [-0.4, -0.2) is 48.0 Å². The minimum Gasteiger partial charge on any atom is -0.490 e. The first-order valence-electron chi connectivity index (χ1n) is 9.30. The normalized spacial score (nSPS) is 21.9. The molecule has 0 bridgehead atoms. The number of nitro groups is 1. The minimum absolute atomic E-state index is 0.0180. The van der Waals surface area contributed by atoms with Crippen molar-refractivity contribution >= 4 is 17.6 Å². The number of amides is 1. The molecule has 3 rings (SSSR count). The van der Waals surface area contributed by atoms with Gasteiger partial charge in [0.15, 0.2) is 12.4 Å². The lowest BCUT2D eigenvalue weighted by Crippen LogP contribution is -2.50. The van der Waals surface area contributed by atoms with Crippen LogP contribution in [0.25, 0.3) is 0 Å². The Balaban J connectivity index is 1.62. The van der Waals surface area contributed by atoms with Crippen molar-refractivity contribution in [2.45, 2.75) is 44.6 Å². The maximum atomic E-state index is 12.6. The molecule has 0 spiro atoms. The Labute approximate surface area is 157 Å². The molecule has 1 aromatic rings. The lowest BCUT2D eigenvalue weighted by Gasteiger charge is -2.44. The van der Waals surface area contributed by atoms with Gasteiger partial charge in [0.2, 0.25) is 0 Å². The van der Waals surface area contributed by atoms with Gasteiger partial charge in [-0.05, 0) is 43.7 Å². The van der Waals surface area contributed by atoms with Crippen molar-refractivity contribution in [1.82, 2.24) is 4.90 Å². The highest BCUT2D eigenvalue weighted by Crippen LogP contribution is 2.35. The number of nitro benzene ring substituents is 1. The molecule has 0 unspecified atom stereocenters. The molecule has 1 saturated heterocycles. The summed E-state index contributed by atoms with van der Waals surface area (Å²) in [6.45, 7) is 0.355. The van der Waals surface area contributed by atoms with E-state index >= 15 is 0 Å². The average Bonchev–Trinajstić information content (AvgIpc) is 2.70. The van der Waals surface area contributed by atoms with E-state index in [4.69, 9.17) is 9.47 Å². The molecule has 0 radical (unpaired) electrons. The Morgan fingerprint density at radius 1 is 1.22 bits per heavy atom. The number of methoxy groups -OCH3 is 1. The van der Waals surface area contributed by atoms with E-state index in [0.29, 0.717) is 12.5 Å². The fraction of sp³-hybridized carbons (Fsp3) is 0.579. The molecular weight excluding hydrogens is 352 g/mol. The number of piperidine rings is 1. The maximum Gasteiger partial charge on any atom is 0.338 e. The van der Waals surface area contributed by atoms with E-state index in [1.807, 2.05) is 4.90 Å². The summed E-state index contributed by atoms with van der Waals surface area (Å²) in [7, 11) is 1.32. The smallest absolute Gasteiger partial charge is 0.338 e. The number of fused-ring (bicyclic) bond motifs is 1. The predicted octanol–water partition coefficient (Wildman–Crippen LogP) is 2.94. The minimum atomic E-state index is -0.758. The van der Waals surface area contributed by atoms with E-state index in [-0.39, 0.29) is 35.6 Å². The second-order valence-electron chi connectivity index (χ2n) is 7.06. The van der Waals surface area contributed by atoms with Crippen LogP contribution in [0.1, 0.15) is 48.9 Å². The Bertz CT molecular complexity index is 733. The molecule has 2 fully saturated rings. The molecule has 27 heavy (non-hydrogen) atoms. The molecule has 2 atom stereocenters. The van der Waals surface area contributed by atoms with Crippen LogP contribution >= 0.6 is 0 Å². The zero-order valence-corrected chi connectivity index (χ0v) is 15.4. The van der Waals surface area contributed by atoms with Gasteiger partial charge in [-0.2, -0.15) is 0 Å². The fourth-order valence-corrected chi connectivity index (χ4v) is 4.19. The summed E-state index contributed by atoms with van der Waals surface area (Å²) in [5.74, 6) is -0.338. The number of hydrogen-bond acceptors (Lipinski definition) is 6. The van der Waals surface area contributed by atoms with E-state index in [2.05, 4.69) is 0 Å². The fourth-order valence-electron chi connectivity index (χ4n) is 4.19. The molecular formula is C19H24N2O6. The van der Waals surface area contributed by atoms with Crippen molar-refractivity contribution < 1.29 is 24.0 Å². The zero-order chi connectivity index (χ0) is 19.4. The number of ether oxygens (including phenoxy) is 2. The first kappa shape index (κ1) is 19.1. The molecule has 0 aromatic heterocycles. The number of carbonyl (C=O) groups excluding carboxylic acids is 2. The molecule has 146 valence electrons. The second-order valence-corrected chi connectivity index (χ2v) is 7.06. The largest absolute Gasteiger partial charge is 0.490 e. The van der Waals surface area contributed by atoms with Crippen molar-refractivity contribution in [2.24, 2.45) is 5.92 Å². The monoisotopic (exact) mass is 376 g/mol. The van der Waals surface area contributed by atoms with Gasteiger partial charge in [-0.15, -0.1) is 0 Å². The van der Waals surface area contributed by atoms with Crippen LogP contribution in [0.15, 0.2) is 18.2 Å². The third-order valence-electron chi connectivity index (χ3n) is 5.50. The van der Waals surface area contributed by atoms with E-state index in [9.17, 15) is 19.7 Å². The third-order valence-corrected chi connectivity index (χ3v) is 5.50. The second kappa shape index (κ2) is 8.37. The standard InChI is InChI=1S/C19H24N2O6/c1-26-17-9-8-14(11-16(17)21(24)25)19(23)27-12-18(22)20-10-4-6-13-5-2-3-7-15(13)20/h8-9,11,13,15H,2-7,10,12H2,1H3/t13-,15+/m1/s1. The van der Waals surface area contributed by atoms with Crippen LogP contribution in [-0.2, 0) is 9.53 Å². The van der Waals surface area contributed by atoms with E-state index in [1.54, 1.807) is 0 Å². The quantitative estimate of drug-likeness (QED) is 0.445. The van der Waals surface area contributed by atoms with Crippen LogP contribution in [0.3, 0.4) is 0 Å². The Morgan fingerprint density at radius 3 is 2.70 bits per heavy atom. The van der Waals surface area contributed by atoms with Gasteiger partial charge in [-0.1, -0.05) is 12.8 Å². The number of likely N-dealkylation sites (tertiary alicyclic amines) is 1. The summed E-state index contributed by atoms with van der Waals surface area (Å²) >= 11 is 0. The van der Waals surface area contributed by atoms with Crippen molar-refractivity contribution in [3.63, 3.8) is 0 Å². The SMILES string of the molecule is COc1ccc(C(=O)OCC(=O)N2CCC[C@H]3CCCC[C@@H]32)cc1[N+](=O)[O-]. The number of benzene rings is 1. The molecule has 8 nitrogen and oxygen atoms in total. The summed E-state index contributed by atoms with van der Waals surface area (Å²) in [5.41, 5.74) is -0.302. The van der Waals surface area contributed by atoms with Crippen LogP contribution in [0.4, 0.5) is 5.69 Å². The van der Waals surface area contributed by atoms with Crippen LogP contribution < -0.4 is 4.74 Å². The van der Waals surface area contributed by atoms with E-state index in [0.717, 1.165) is 38.2 Å². The molecule has 1 aliphatic heterocycles. The molecule has 8 heteroatoms. The van der Waals surface area contributed by atoms with Gasteiger partial charge in [0, 0.05) is 18.7 Å². The topological polar surface area (TPSA) is 99.0 Å². The Hall–Kier alpha value is -2.64. The number of nitrogens with zero attached hydrogens (tertiary/aromatic N) is 2. The van der Waals surface area contributed by atoms with Crippen LogP contribution in [0, 0.1) is 16.0 Å². The van der Waals surface area contributed by atoms with Crippen molar-refractivity contribution in [3.8, 4) is 5.75 Å². The van der Waals surface area contributed by atoms with Gasteiger partial charge < -0.3 is 14.4 Å². The van der Waals surface area contributed by atoms with Gasteiger partial charge >= 0.3 is 11.7 Å². The Morgan fingerprint density at radius 2 is 1.96 bits per heavy atom. The molecule has 2 aliphatic rings. The average molecular weight is 376 g/mol. The summed E-state index contributed by atoms with van der Waals surface area (Å²) in [4.78, 5) is 37.1. The third kappa shape index (κ3) is 4.20. The van der Waals surface area contributed by atoms with Gasteiger partial charge in [-0.25, -0.2) is 4.79 Å². The lowest BCUT2D eigenvalue weighted by molar-refractivity contribution is -0.385. The van der Waals surface area contributed by atoms with E-state index in [1.165, 1.54) is 25.7 Å². The highest BCUT2D eigenvalue weighted by Gasteiger charge is 2.35. The van der Waals surface area contributed by atoms with Gasteiger partial charge in [0.1, 0.15) is 0 Å². The van der Waals surface area contributed by atoms with E-state index < -0.39 is 10.9 Å². The van der Waals surface area contributed by atoms with Crippen molar-refractivity contribution in [1.29, 1.82) is 0 Å². The molecule has 1 heterocycles. The highest BCUT2D eigenvalue weighted by atomic mass is 16.6. The number of hydrogen-bond donors (Lipinski definition) is 0. The summed E-state index contributed by atoms with van der Waals surface area (Å²) in [5, 5.41) is 11.1. The number of carbonyl (C=O) groups is 2.